The SMILES string of the molecule is c1ccc(-c2c3ccccc3c(-c3c4oc5cc6ccccc6cc5c4cc4sc5ccccc5c34)c3ccccc23)cc1. The van der Waals surface area contributed by atoms with Gasteiger partial charge in [-0.05, 0) is 67.7 Å². The van der Waals surface area contributed by atoms with Crippen molar-refractivity contribution < 1.29 is 4.42 Å². The Morgan fingerprint density at radius 2 is 0.955 bits per heavy atom. The number of benzene rings is 8. The molecule has 1 nitrogen and oxygen atoms in total. The summed E-state index contributed by atoms with van der Waals surface area (Å²) in [5, 5.41) is 12.3. The molecule has 204 valence electrons. The summed E-state index contributed by atoms with van der Waals surface area (Å²) in [5.74, 6) is 0. The van der Waals surface area contributed by atoms with Gasteiger partial charge in [0, 0.05) is 42.1 Å². The maximum absolute atomic E-state index is 6.99. The molecular formula is C42H24OS. The van der Waals surface area contributed by atoms with Gasteiger partial charge in [-0.3, -0.25) is 0 Å². The summed E-state index contributed by atoms with van der Waals surface area (Å²) < 4.78 is 9.56. The van der Waals surface area contributed by atoms with Crippen molar-refractivity contribution in [2.75, 3.05) is 0 Å². The van der Waals surface area contributed by atoms with E-state index in [9.17, 15) is 0 Å². The minimum Gasteiger partial charge on any atom is -0.455 e. The van der Waals surface area contributed by atoms with Crippen molar-refractivity contribution in [3.63, 3.8) is 0 Å². The molecule has 0 N–H and O–H groups in total. The zero-order valence-electron chi connectivity index (χ0n) is 23.7. The van der Waals surface area contributed by atoms with Crippen LogP contribution in [-0.4, -0.2) is 0 Å². The van der Waals surface area contributed by atoms with Crippen LogP contribution in [0.15, 0.2) is 150 Å². The van der Waals surface area contributed by atoms with E-state index in [0.717, 1.165) is 16.6 Å². The summed E-state index contributed by atoms with van der Waals surface area (Å²) in [6, 6.07) is 52.8. The van der Waals surface area contributed by atoms with Crippen molar-refractivity contribution in [3.8, 4) is 22.3 Å². The lowest BCUT2D eigenvalue weighted by molar-refractivity contribution is 0.671. The van der Waals surface area contributed by atoms with Crippen LogP contribution in [0.3, 0.4) is 0 Å². The largest absolute Gasteiger partial charge is 0.455 e. The summed E-state index contributed by atoms with van der Waals surface area (Å²) in [6.45, 7) is 0. The summed E-state index contributed by atoms with van der Waals surface area (Å²) in [7, 11) is 0. The summed E-state index contributed by atoms with van der Waals surface area (Å²) in [6.07, 6.45) is 0. The van der Waals surface area contributed by atoms with Gasteiger partial charge < -0.3 is 4.42 Å². The van der Waals surface area contributed by atoms with E-state index in [4.69, 9.17) is 4.42 Å². The van der Waals surface area contributed by atoms with Crippen molar-refractivity contribution in [1.82, 2.24) is 0 Å². The van der Waals surface area contributed by atoms with E-state index < -0.39 is 0 Å². The van der Waals surface area contributed by atoms with Crippen molar-refractivity contribution in [2.24, 2.45) is 0 Å². The molecule has 10 rings (SSSR count). The fraction of sp³-hybridized carbons (Fsp3) is 0. The molecule has 0 aliphatic carbocycles. The van der Waals surface area contributed by atoms with Gasteiger partial charge in [0.25, 0.3) is 0 Å². The van der Waals surface area contributed by atoms with E-state index in [0.29, 0.717) is 0 Å². The summed E-state index contributed by atoms with van der Waals surface area (Å²) in [5.41, 5.74) is 6.80. The van der Waals surface area contributed by atoms with Crippen LogP contribution in [-0.2, 0) is 0 Å². The first-order chi connectivity index (χ1) is 21.8. The van der Waals surface area contributed by atoms with Gasteiger partial charge in [-0.25, -0.2) is 0 Å². The van der Waals surface area contributed by atoms with Crippen LogP contribution >= 0.6 is 11.3 Å². The standard InChI is InChI=1S/C42H24OS/c1-2-12-25(13-3-1)38-28-16-6-8-18-30(28)39(31-19-9-7-17-29(31)38)41-40-32-20-10-11-21-36(32)44-37(40)24-34-33-22-26-14-4-5-15-27(26)23-35(33)43-42(34)41/h1-24H. The smallest absolute Gasteiger partial charge is 0.144 e. The first-order valence-electron chi connectivity index (χ1n) is 15.0. The molecule has 0 unspecified atom stereocenters. The Hall–Kier alpha value is -5.44. The molecule has 0 radical (unpaired) electrons. The number of furan rings is 1. The Bertz CT molecular complexity index is 2710. The first kappa shape index (κ1) is 24.0. The monoisotopic (exact) mass is 576 g/mol. The number of hydrogen-bond donors (Lipinski definition) is 0. The quantitative estimate of drug-likeness (QED) is 0.187. The molecule has 2 heterocycles. The number of hydrogen-bond acceptors (Lipinski definition) is 2. The van der Waals surface area contributed by atoms with E-state index in [1.54, 1.807) is 0 Å². The summed E-state index contributed by atoms with van der Waals surface area (Å²) in [4.78, 5) is 0. The van der Waals surface area contributed by atoms with E-state index in [1.807, 2.05) is 11.3 Å². The lowest BCUT2D eigenvalue weighted by Crippen LogP contribution is -1.91. The highest BCUT2D eigenvalue weighted by Gasteiger charge is 2.24. The van der Waals surface area contributed by atoms with Crippen LogP contribution in [0.5, 0.6) is 0 Å². The zero-order chi connectivity index (χ0) is 28.8. The van der Waals surface area contributed by atoms with Gasteiger partial charge in [0.2, 0.25) is 0 Å². The Morgan fingerprint density at radius 3 is 1.66 bits per heavy atom. The van der Waals surface area contributed by atoms with Crippen molar-refractivity contribution >= 4 is 85.8 Å². The molecule has 2 aromatic heterocycles. The molecule has 0 aliphatic heterocycles. The highest BCUT2D eigenvalue weighted by Crippen LogP contribution is 2.52. The van der Waals surface area contributed by atoms with Gasteiger partial charge in [-0.2, -0.15) is 0 Å². The van der Waals surface area contributed by atoms with Gasteiger partial charge in [0.1, 0.15) is 11.2 Å². The third kappa shape index (κ3) is 3.29. The van der Waals surface area contributed by atoms with Crippen LogP contribution in [0.25, 0.3) is 96.7 Å². The van der Waals surface area contributed by atoms with E-state index >= 15 is 0 Å². The first-order valence-corrected chi connectivity index (χ1v) is 15.8. The second kappa shape index (κ2) is 9.03. The molecule has 10 aromatic rings. The van der Waals surface area contributed by atoms with Gasteiger partial charge in [-0.15, -0.1) is 11.3 Å². The second-order valence-corrected chi connectivity index (χ2v) is 12.7. The molecule has 0 atom stereocenters. The highest BCUT2D eigenvalue weighted by atomic mass is 32.1. The van der Waals surface area contributed by atoms with Crippen LogP contribution in [0.4, 0.5) is 0 Å². The topological polar surface area (TPSA) is 13.1 Å². The lowest BCUT2D eigenvalue weighted by Gasteiger charge is -2.18. The predicted molar refractivity (Wildman–Crippen MR) is 190 cm³/mol. The minimum absolute atomic E-state index is 0.927. The Labute approximate surface area is 257 Å². The number of thiophene rings is 1. The van der Waals surface area contributed by atoms with E-state index in [2.05, 4.69) is 146 Å². The second-order valence-electron chi connectivity index (χ2n) is 11.6. The lowest BCUT2D eigenvalue weighted by atomic mass is 9.84. The third-order valence-electron chi connectivity index (χ3n) is 9.21. The Morgan fingerprint density at radius 1 is 0.386 bits per heavy atom. The molecule has 0 spiro atoms. The molecule has 0 saturated carbocycles. The molecule has 0 fully saturated rings. The maximum Gasteiger partial charge on any atom is 0.144 e. The van der Waals surface area contributed by atoms with E-state index in [1.165, 1.54) is 80.1 Å². The summed E-state index contributed by atoms with van der Waals surface area (Å²) >= 11 is 1.87. The zero-order valence-corrected chi connectivity index (χ0v) is 24.5. The van der Waals surface area contributed by atoms with Crippen molar-refractivity contribution in [3.05, 3.63) is 146 Å². The maximum atomic E-state index is 6.99. The molecule has 0 saturated heterocycles. The average molecular weight is 577 g/mol. The van der Waals surface area contributed by atoms with Crippen molar-refractivity contribution in [1.29, 1.82) is 0 Å². The predicted octanol–water partition coefficient (Wildman–Crippen LogP) is 12.7. The number of rotatable bonds is 2. The van der Waals surface area contributed by atoms with Gasteiger partial charge >= 0.3 is 0 Å². The van der Waals surface area contributed by atoms with Crippen LogP contribution < -0.4 is 0 Å². The molecule has 0 aliphatic rings. The van der Waals surface area contributed by atoms with Crippen LogP contribution in [0.1, 0.15) is 0 Å². The fourth-order valence-corrected chi connectivity index (χ4v) is 8.51. The normalized spacial score (nSPS) is 12.1. The molecular weight excluding hydrogens is 553 g/mol. The van der Waals surface area contributed by atoms with Crippen molar-refractivity contribution in [2.45, 2.75) is 0 Å². The third-order valence-corrected chi connectivity index (χ3v) is 10.3. The highest BCUT2D eigenvalue weighted by molar-refractivity contribution is 7.26. The minimum atomic E-state index is 0.927. The van der Waals surface area contributed by atoms with Crippen LogP contribution in [0.2, 0.25) is 0 Å². The Kier molecular flexibility index (Phi) is 4.94. The fourth-order valence-electron chi connectivity index (χ4n) is 7.35. The van der Waals surface area contributed by atoms with Gasteiger partial charge in [0.15, 0.2) is 0 Å². The van der Waals surface area contributed by atoms with E-state index in [-0.39, 0.29) is 0 Å². The van der Waals surface area contributed by atoms with Gasteiger partial charge in [-0.1, -0.05) is 121 Å². The molecule has 0 bridgehead atoms. The van der Waals surface area contributed by atoms with Crippen LogP contribution in [0, 0.1) is 0 Å². The molecule has 2 heteroatoms. The molecule has 44 heavy (non-hydrogen) atoms. The Balaban J connectivity index is 1.48. The molecule has 8 aromatic carbocycles. The molecule has 0 amide bonds. The van der Waals surface area contributed by atoms with Gasteiger partial charge in [0.05, 0.1) is 0 Å². The number of fused-ring (bicyclic) bond motifs is 9. The average Bonchev–Trinajstić information content (AvgIpc) is 3.63.